The summed E-state index contributed by atoms with van der Waals surface area (Å²) in [4.78, 5) is 0. The summed E-state index contributed by atoms with van der Waals surface area (Å²) in [5.74, 6) is 1.96. The molecule has 0 spiro atoms. The third kappa shape index (κ3) is 2.54. The van der Waals surface area contributed by atoms with E-state index in [2.05, 4.69) is 6.07 Å². The molecule has 0 saturated carbocycles. The van der Waals surface area contributed by atoms with Gasteiger partial charge in [0.25, 0.3) is 0 Å². The molecule has 4 nitrogen and oxygen atoms in total. The summed E-state index contributed by atoms with van der Waals surface area (Å²) in [5, 5.41) is 9.38. The summed E-state index contributed by atoms with van der Waals surface area (Å²) in [6.07, 6.45) is 1.79. The van der Waals surface area contributed by atoms with Crippen LogP contribution in [-0.4, -0.2) is 13.9 Å². The van der Waals surface area contributed by atoms with Crippen molar-refractivity contribution < 1.29 is 14.2 Å². The van der Waals surface area contributed by atoms with Crippen molar-refractivity contribution in [3.8, 4) is 23.3 Å². The summed E-state index contributed by atoms with van der Waals surface area (Å²) in [6.45, 7) is 0.204. The van der Waals surface area contributed by atoms with Crippen LogP contribution in [0.3, 0.4) is 0 Å². The predicted molar refractivity (Wildman–Crippen MR) is 79.0 cm³/mol. The van der Waals surface area contributed by atoms with Gasteiger partial charge in [-0.3, -0.25) is 0 Å². The van der Waals surface area contributed by atoms with Crippen LogP contribution in [-0.2, 0) is 0 Å². The third-order valence-corrected chi connectivity index (χ3v) is 3.23. The average Bonchev–Trinajstić information content (AvgIpc) is 2.99. The lowest BCUT2D eigenvalue weighted by molar-refractivity contribution is 0.174. The molecule has 0 unspecified atom stereocenters. The highest BCUT2D eigenvalue weighted by Crippen LogP contribution is 2.39. The Bertz CT molecular complexity index is 730. The monoisotopic (exact) mass is 279 g/mol. The molecule has 0 fully saturated rings. The molecule has 1 heterocycles. The van der Waals surface area contributed by atoms with E-state index in [1.807, 2.05) is 36.4 Å². The van der Waals surface area contributed by atoms with Gasteiger partial charge in [-0.1, -0.05) is 30.3 Å². The van der Waals surface area contributed by atoms with Crippen LogP contribution < -0.4 is 14.2 Å². The standard InChI is InChI=1S/C17H13NO3/c1-19-15-9-17-16(20-11-21-17)8-13(15)7-14(10-18)12-5-3-2-4-6-12/h2-9H,11H2,1H3/b14-7-. The normalized spacial score (nSPS) is 12.9. The van der Waals surface area contributed by atoms with Crippen molar-refractivity contribution in [2.45, 2.75) is 0 Å². The Morgan fingerprint density at radius 3 is 2.57 bits per heavy atom. The Morgan fingerprint density at radius 1 is 1.19 bits per heavy atom. The number of hydrogen-bond donors (Lipinski definition) is 0. The number of methoxy groups -OCH3 is 1. The van der Waals surface area contributed by atoms with Gasteiger partial charge in [0.05, 0.1) is 18.8 Å². The van der Waals surface area contributed by atoms with Gasteiger partial charge in [0.15, 0.2) is 11.5 Å². The SMILES string of the molecule is COc1cc2c(cc1/C=C(/C#N)c1ccccc1)OCO2. The lowest BCUT2D eigenvalue weighted by Gasteiger charge is -2.07. The molecular weight excluding hydrogens is 266 g/mol. The molecule has 0 radical (unpaired) electrons. The number of nitriles is 1. The molecule has 0 amide bonds. The van der Waals surface area contributed by atoms with Crippen LogP contribution in [0.5, 0.6) is 17.2 Å². The van der Waals surface area contributed by atoms with Crippen molar-refractivity contribution in [2.75, 3.05) is 13.9 Å². The Kier molecular flexibility index (Phi) is 3.48. The molecule has 0 aliphatic carbocycles. The number of rotatable bonds is 3. The van der Waals surface area contributed by atoms with Crippen LogP contribution in [0.4, 0.5) is 0 Å². The first-order valence-corrected chi connectivity index (χ1v) is 6.46. The topological polar surface area (TPSA) is 51.5 Å². The van der Waals surface area contributed by atoms with Crippen LogP contribution in [0.25, 0.3) is 11.6 Å². The van der Waals surface area contributed by atoms with Crippen LogP contribution >= 0.6 is 0 Å². The molecular formula is C17H13NO3. The highest BCUT2D eigenvalue weighted by molar-refractivity contribution is 5.91. The van der Waals surface area contributed by atoms with Crippen LogP contribution in [0.2, 0.25) is 0 Å². The minimum Gasteiger partial charge on any atom is -0.496 e. The number of ether oxygens (including phenoxy) is 3. The van der Waals surface area contributed by atoms with Crippen molar-refractivity contribution in [3.05, 3.63) is 53.6 Å². The van der Waals surface area contributed by atoms with E-state index in [0.29, 0.717) is 22.8 Å². The van der Waals surface area contributed by atoms with Gasteiger partial charge in [0.2, 0.25) is 6.79 Å². The van der Waals surface area contributed by atoms with Gasteiger partial charge >= 0.3 is 0 Å². The lowest BCUT2D eigenvalue weighted by atomic mass is 10.0. The first kappa shape index (κ1) is 13.1. The molecule has 3 rings (SSSR count). The molecule has 0 bridgehead atoms. The lowest BCUT2D eigenvalue weighted by Crippen LogP contribution is -1.92. The molecule has 0 saturated heterocycles. The number of hydrogen-bond acceptors (Lipinski definition) is 4. The summed E-state index contributed by atoms with van der Waals surface area (Å²) < 4.78 is 16.1. The van der Waals surface area contributed by atoms with E-state index in [9.17, 15) is 5.26 Å². The number of fused-ring (bicyclic) bond motifs is 1. The smallest absolute Gasteiger partial charge is 0.231 e. The summed E-state index contributed by atoms with van der Waals surface area (Å²) in [6, 6.07) is 15.3. The molecule has 1 aliphatic rings. The highest BCUT2D eigenvalue weighted by Gasteiger charge is 2.17. The zero-order chi connectivity index (χ0) is 14.7. The Labute approximate surface area is 122 Å². The first-order valence-electron chi connectivity index (χ1n) is 6.46. The Hall–Kier alpha value is -2.93. The largest absolute Gasteiger partial charge is 0.496 e. The van der Waals surface area contributed by atoms with Crippen molar-refractivity contribution in [1.29, 1.82) is 5.26 Å². The second kappa shape index (κ2) is 5.59. The Balaban J connectivity index is 2.08. The van der Waals surface area contributed by atoms with Gasteiger partial charge in [-0.25, -0.2) is 0 Å². The average molecular weight is 279 g/mol. The second-order valence-electron chi connectivity index (χ2n) is 4.48. The number of allylic oxidation sites excluding steroid dienone is 1. The zero-order valence-electron chi connectivity index (χ0n) is 11.5. The van der Waals surface area contributed by atoms with Crippen molar-refractivity contribution >= 4 is 11.6 Å². The van der Waals surface area contributed by atoms with Gasteiger partial charge in [-0.15, -0.1) is 0 Å². The van der Waals surface area contributed by atoms with E-state index < -0.39 is 0 Å². The maximum absolute atomic E-state index is 9.38. The van der Waals surface area contributed by atoms with Crippen molar-refractivity contribution in [3.63, 3.8) is 0 Å². The van der Waals surface area contributed by atoms with E-state index in [4.69, 9.17) is 14.2 Å². The van der Waals surface area contributed by atoms with Crippen molar-refractivity contribution in [2.24, 2.45) is 0 Å². The van der Waals surface area contributed by atoms with Crippen molar-refractivity contribution in [1.82, 2.24) is 0 Å². The fourth-order valence-electron chi connectivity index (χ4n) is 2.18. The van der Waals surface area contributed by atoms with Gasteiger partial charge in [-0.05, 0) is 17.7 Å². The minimum atomic E-state index is 0.204. The van der Waals surface area contributed by atoms with Crippen LogP contribution in [0.15, 0.2) is 42.5 Å². The van der Waals surface area contributed by atoms with Crippen LogP contribution in [0, 0.1) is 11.3 Å². The fraction of sp³-hybridized carbons (Fsp3) is 0.118. The second-order valence-corrected chi connectivity index (χ2v) is 4.48. The molecule has 2 aromatic rings. The highest BCUT2D eigenvalue weighted by atomic mass is 16.7. The molecule has 21 heavy (non-hydrogen) atoms. The molecule has 0 aromatic heterocycles. The van der Waals surface area contributed by atoms with E-state index in [0.717, 1.165) is 11.1 Å². The predicted octanol–water partition coefficient (Wildman–Crippen LogP) is 3.49. The van der Waals surface area contributed by atoms with Gasteiger partial charge in [-0.2, -0.15) is 5.26 Å². The van der Waals surface area contributed by atoms with E-state index in [1.165, 1.54) is 0 Å². The third-order valence-electron chi connectivity index (χ3n) is 3.23. The minimum absolute atomic E-state index is 0.204. The van der Waals surface area contributed by atoms with E-state index in [-0.39, 0.29) is 6.79 Å². The number of benzene rings is 2. The molecule has 0 N–H and O–H groups in total. The van der Waals surface area contributed by atoms with Gasteiger partial charge < -0.3 is 14.2 Å². The van der Waals surface area contributed by atoms with Gasteiger partial charge in [0, 0.05) is 11.6 Å². The first-order chi connectivity index (χ1) is 10.3. The number of nitrogens with zero attached hydrogens (tertiary/aromatic N) is 1. The molecule has 104 valence electrons. The molecule has 1 aliphatic heterocycles. The summed E-state index contributed by atoms with van der Waals surface area (Å²) in [7, 11) is 1.59. The van der Waals surface area contributed by atoms with E-state index >= 15 is 0 Å². The van der Waals surface area contributed by atoms with Crippen LogP contribution in [0.1, 0.15) is 11.1 Å². The summed E-state index contributed by atoms with van der Waals surface area (Å²) >= 11 is 0. The summed E-state index contributed by atoms with van der Waals surface area (Å²) in [5.41, 5.74) is 2.20. The molecule has 4 heteroatoms. The van der Waals surface area contributed by atoms with E-state index in [1.54, 1.807) is 19.3 Å². The molecule has 0 atom stereocenters. The van der Waals surface area contributed by atoms with Gasteiger partial charge in [0.1, 0.15) is 5.75 Å². The fourth-order valence-corrected chi connectivity index (χ4v) is 2.18. The zero-order valence-corrected chi connectivity index (χ0v) is 11.5. The Morgan fingerprint density at radius 2 is 1.90 bits per heavy atom. The molecule has 2 aromatic carbocycles. The quantitative estimate of drug-likeness (QED) is 0.637. The maximum atomic E-state index is 9.38. The maximum Gasteiger partial charge on any atom is 0.231 e.